The quantitative estimate of drug-likeness (QED) is 0.210. The van der Waals surface area contributed by atoms with Crippen LogP contribution in [0.1, 0.15) is 30.1 Å². The molecule has 198 valence electrons. The molecule has 12 heteroatoms. The summed E-state index contributed by atoms with van der Waals surface area (Å²) in [5, 5.41) is 16.7. The third kappa shape index (κ3) is 5.86. The number of nitrogens with one attached hydrogen (secondary N) is 1. The first-order valence-corrected chi connectivity index (χ1v) is 12.1. The van der Waals surface area contributed by atoms with Crippen molar-refractivity contribution in [3.8, 4) is 23.1 Å². The van der Waals surface area contributed by atoms with E-state index in [0.29, 0.717) is 65.2 Å². The fourth-order valence-corrected chi connectivity index (χ4v) is 3.72. The molecule has 4 rings (SSSR count). The molecule has 0 atom stereocenters. The summed E-state index contributed by atoms with van der Waals surface area (Å²) in [4.78, 5) is 32.0. The maximum atomic E-state index is 12.8. The van der Waals surface area contributed by atoms with Crippen LogP contribution >= 0.6 is 0 Å². The summed E-state index contributed by atoms with van der Waals surface area (Å²) < 4.78 is 12.9. The largest absolute Gasteiger partial charge is 0.494 e. The van der Waals surface area contributed by atoms with Crippen LogP contribution in [0.5, 0.6) is 11.8 Å². The minimum Gasteiger partial charge on any atom is -0.494 e. The zero-order valence-electron chi connectivity index (χ0n) is 21.7. The molecule has 0 aliphatic rings. The Balaban J connectivity index is 1.70. The molecule has 2 N–H and O–H groups in total. The first-order valence-electron chi connectivity index (χ1n) is 12.1. The summed E-state index contributed by atoms with van der Waals surface area (Å²) in [6, 6.07) is 9.30. The topological polar surface area (TPSA) is 140 Å². The Morgan fingerprint density at radius 2 is 2.00 bits per heavy atom. The second kappa shape index (κ2) is 12.1. The lowest BCUT2D eigenvalue weighted by Crippen LogP contribution is -2.15. The van der Waals surface area contributed by atoms with Crippen molar-refractivity contribution in [1.29, 1.82) is 0 Å². The molecular weight excluding hydrogens is 488 g/mol. The molecule has 0 radical (unpaired) electrons. The summed E-state index contributed by atoms with van der Waals surface area (Å²) in [5.41, 5.74) is 2.36. The van der Waals surface area contributed by atoms with E-state index in [0.717, 1.165) is 0 Å². The van der Waals surface area contributed by atoms with E-state index in [1.807, 2.05) is 18.2 Å². The van der Waals surface area contributed by atoms with E-state index in [2.05, 4.69) is 30.4 Å². The molecule has 0 fully saturated rings. The summed E-state index contributed by atoms with van der Waals surface area (Å²) in [7, 11) is 5.18. The Hall–Kier alpha value is -4.58. The number of aromatic nitrogens is 6. The second-order valence-electron chi connectivity index (χ2n) is 8.30. The van der Waals surface area contributed by atoms with Gasteiger partial charge in [-0.3, -0.25) is 9.48 Å². The van der Waals surface area contributed by atoms with Gasteiger partial charge in [0.05, 0.1) is 36.2 Å². The third-order valence-electron chi connectivity index (χ3n) is 5.68. The van der Waals surface area contributed by atoms with Crippen molar-refractivity contribution in [3.05, 3.63) is 54.6 Å². The number of carbonyl (C=O) groups is 1. The number of benzene rings is 1. The van der Waals surface area contributed by atoms with Crippen molar-refractivity contribution >= 4 is 28.8 Å². The number of methoxy groups -OCH3 is 1. The molecule has 0 unspecified atom stereocenters. The Morgan fingerprint density at radius 1 is 1.16 bits per heavy atom. The first kappa shape index (κ1) is 26.5. The molecule has 0 aliphatic heterocycles. The van der Waals surface area contributed by atoms with Crippen molar-refractivity contribution in [2.24, 2.45) is 7.05 Å². The van der Waals surface area contributed by atoms with Gasteiger partial charge in [-0.05, 0) is 18.2 Å². The number of Topliss-reactive ketones (excluding diaryl/α,β-unsaturated/α-hetero) is 1. The van der Waals surface area contributed by atoms with E-state index < -0.39 is 0 Å². The van der Waals surface area contributed by atoms with Crippen LogP contribution < -0.4 is 19.7 Å². The van der Waals surface area contributed by atoms with Gasteiger partial charge in [0.1, 0.15) is 18.0 Å². The number of anilines is 4. The van der Waals surface area contributed by atoms with Gasteiger partial charge in [-0.2, -0.15) is 10.1 Å². The highest BCUT2D eigenvalue weighted by Gasteiger charge is 2.19. The SMILES string of the molecule is CCC(=O)c1cnc(N(C)c2ccnc(OCCCO)n2)cc1Nc1cccc(-c2ncn(C)n2)c1OC. The number of nitrogens with zero attached hydrogens (tertiary/aromatic N) is 7. The minimum absolute atomic E-state index is 0.0220. The van der Waals surface area contributed by atoms with Crippen LogP contribution in [-0.4, -0.2) is 68.0 Å². The van der Waals surface area contributed by atoms with Gasteiger partial charge in [0.2, 0.25) is 0 Å². The monoisotopic (exact) mass is 518 g/mol. The van der Waals surface area contributed by atoms with Crippen LogP contribution in [0.2, 0.25) is 0 Å². The number of aliphatic hydroxyl groups is 1. The maximum absolute atomic E-state index is 12.8. The molecule has 3 heterocycles. The molecule has 3 aromatic heterocycles. The third-order valence-corrected chi connectivity index (χ3v) is 5.68. The number of pyridine rings is 1. The van der Waals surface area contributed by atoms with E-state index >= 15 is 0 Å². The van der Waals surface area contributed by atoms with E-state index in [-0.39, 0.29) is 18.4 Å². The number of ketones is 1. The van der Waals surface area contributed by atoms with Crippen LogP contribution in [0.15, 0.2) is 49.1 Å². The number of carbonyl (C=O) groups excluding carboxylic acids is 1. The van der Waals surface area contributed by atoms with Gasteiger partial charge in [-0.25, -0.2) is 15.0 Å². The molecule has 0 aliphatic carbocycles. The van der Waals surface area contributed by atoms with Crippen LogP contribution in [0.3, 0.4) is 0 Å². The highest BCUT2D eigenvalue weighted by molar-refractivity contribution is 6.02. The number of rotatable bonds is 12. The first-order chi connectivity index (χ1) is 18.4. The van der Waals surface area contributed by atoms with Crippen molar-refractivity contribution in [2.75, 3.05) is 37.6 Å². The van der Waals surface area contributed by atoms with Gasteiger partial charge in [0.25, 0.3) is 0 Å². The van der Waals surface area contributed by atoms with Crippen molar-refractivity contribution < 1.29 is 19.4 Å². The smallest absolute Gasteiger partial charge is 0.318 e. The number of para-hydroxylation sites is 1. The van der Waals surface area contributed by atoms with Gasteiger partial charge in [0.15, 0.2) is 17.4 Å². The lowest BCUT2D eigenvalue weighted by Gasteiger charge is -2.21. The number of hydrogen-bond donors (Lipinski definition) is 2. The Kier molecular flexibility index (Phi) is 8.44. The predicted molar refractivity (Wildman–Crippen MR) is 142 cm³/mol. The molecule has 0 spiro atoms. The molecule has 4 aromatic rings. The summed E-state index contributed by atoms with van der Waals surface area (Å²) in [6.45, 7) is 2.13. The van der Waals surface area contributed by atoms with Gasteiger partial charge in [0, 0.05) is 52.0 Å². The van der Waals surface area contributed by atoms with Gasteiger partial charge in [-0.15, -0.1) is 0 Å². The standard InChI is InChI=1S/C26H30N8O4/c1-5-21(36)18-15-28-23(34(3)22-10-11-27-26(31-22)38-13-7-12-35)14-20(18)30-19-9-6-8-17(24(19)37-4)25-29-16-33(2)32-25/h6,8-11,14-16,35H,5,7,12-13H2,1-4H3,(H,28,30). The molecular formula is C26H30N8O4. The maximum Gasteiger partial charge on any atom is 0.318 e. The Labute approximate surface area is 220 Å². The van der Waals surface area contributed by atoms with Crippen LogP contribution in [-0.2, 0) is 7.05 Å². The van der Waals surface area contributed by atoms with Crippen molar-refractivity contribution in [3.63, 3.8) is 0 Å². The molecule has 0 amide bonds. The minimum atomic E-state index is -0.0580. The fraction of sp³-hybridized carbons (Fsp3) is 0.308. The average Bonchev–Trinajstić information content (AvgIpc) is 3.38. The average molecular weight is 519 g/mol. The van der Waals surface area contributed by atoms with E-state index in [4.69, 9.17) is 14.6 Å². The van der Waals surface area contributed by atoms with Crippen molar-refractivity contribution in [2.45, 2.75) is 19.8 Å². The summed E-state index contributed by atoms with van der Waals surface area (Å²) in [5.74, 6) is 2.10. The van der Waals surface area contributed by atoms with Gasteiger partial charge in [-0.1, -0.05) is 13.0 Å². The number of aliphatic hydroxyl groups excluding tert-OH is 1. The molecule has 38 heavy (non-hydrogen) atoms. The van der Waals surface area contributed by atoms with E-state index in [1.54, 1.807) is 68.6 Å². The van der Waals surface area contributed by atoms with Crippen LogP contribution in [0, 0.1) is 0 Å². The number of hydrogen-bond acceptors (Lipinski definition) is 11. The normalized spacial score (nSPS) is 10.8. The number of aryl methyl sites for hydroxylation is 1. The lowest BCUT2D eigenvalue weighted by atomic mass is 10.1. The zero-order valence-corrected chi connectivity index (χ0v) is 21.7. The summed E-state index contributed by atoms with van der Waals surface area (Å²) in [6.07, 6.45) is 5.56. The molecule has 12 nitrogen and oxygen atoms in total. The molecule has 0 saturated carbocycles. The second-order valence-corrected chi connectivity index (χ2v) is 8.30. The molecule has 0 saturated heterocycles. The van der Waals surface area contributed by atoms with Crippen LogP contribution in [0.25, 0.3) is 11.4 Å². The fourth-order valence-electron chi connectivity index (χ4n) is 3.72. The summed E-state index contributed by atoms with van der Waals surface area (Å²) >= 11 is 0. The van der Waals surface area contributed by atoms with E-state index in [1.165, 1.54) is 0 Å². The number of ether oxygens (including phenoxy) is 2. The Morgan fingerprint density at radius 3 is 2.71 bits per heavy atom. The van der Waals surface area contributed by atoms with Gasteiger partial charge < -0.3 is 24.8 Å². The molecule has 0 bridgehead atoms. The van der Waals surface area contributed by atoms with Gasteiger partial charge >= 0.3 is 6.01 Å². The Bertz CT molecular complexity index is 1410. The molecule has 1 aromatic carbocycles. The predicted octanol–water partition coefficient (Wildman–Crippen LogP) is 3.54. The van der Waals surface area contributed by atoms with Crippen molar-refractivity contribution in [1.82, 2.24) is 29.7 Å². The highest BCUT2D eigenvalue weighted by Crippen LogP contribution is 2.38. The highest BCUT2D eigenvalue weighted by atomic mass is 16.5. The zero-order chi connectivity index (χ0) is 27.1. The van der Waals surface area contributed by atoms with Crippen LogP contribution in [0.4, 0.5) is 23.0 Å². The lowest BCUT2D eigenvalue weighted by molar-refractivity contribution is 0.0988. The van der Waals surface area contributed by atoms with E-state index in [9.17, 15) is 4.79 Å².